The van der Waals surface area contributed by atoms with E-state index in [1.165, 1.54) is 59.8 Å². The molecule has 1 N–H and O–H groups in total. The number of fused-ring (bicyclic) bond motifs is 1. The largest absolute Gasteiger partial charge is 0.573 e. The maximum absolute atomic E-state index is 12.7. The second-order valence-electron chi connectivity index (χ2n) is 5.73. The normalized spacial score (nSPS) is 11.4. The maximum atomic E-state index is 12.7. The molecular weight excluding hydrogens is 389 g/mol. The zero-order valence-corrected chi connectivity index (χ0v) is 14.5. The first-order chi connectivity index (χ1) is 13.9. The molecule has 3 heterocycles. The third-order valence-corrected chi connectivity index (χ3v) is 3.82. The summed E-state index contributed by atoms with van der Waals surface area (Å²) in [5.74, 6) is -0.891. The molecule has 0 bridgehead atoms. The number of carbonyl (C=O) groups is 1. The van der Waals surface area contributed by atoms with Crippen LogP contribution in [-0.4, -0.2) is 36.8 Å². The number of ether oxygens (including phenoxy) is 1. The molecule has 0 unspecified atom stereocenters. The Bertz CT molecular complexity index is 1180. The number of aromatic nitrogens is 5. The van der Waals surface area contributed by atoms with Gasteiger partial charge in [-0.2, -0.15) is 5.10 Å². The van der Waals surface area contributed by atoms with Gasteiger partial charge in [0, 0.05) is 18.0 Å². The molecule has 0 aliphatic carbocycles. The zero-order chi connectivity index (χ0) is 20.4. The van der Waals surface area contributed by atoms with Gasteiger partial charge in [-0.1, -0.05) is 12.1 Å². The van der Waals surface area contributed by atoms with Crippen molar-refractivity contribution in [2.45, 2.75) is 6.36 Å². The summed E-state index contributed by atoms with van der Waals surface area (Å²) in [6.07, 6.45) is 0.712. The monoisotopic (exact) mass is 400 g/mol. The molecule has 1 amide bonds. The minimum atomic E-state index is -4.84. The topological polar surface area (TPSA) is 94.3 Å². The van der Waals surface area contributed by atoms with Gasteiger partial charge in [0.1, 0.15) is 23.5 Å². The smallest absolute Gasteiger partial charge is 0.405 e. The third kappa shape index (κ3) is 3.98. The summed E-state index contributed by atoms with van der Waals surface area (Å²) in [6.45, 7) is 0. The predicted molar refractivity (Wildman–Crippen MR) is 95.1 cm³/mol. The number of anilines is 1. The Kier molecular flexibility index (Phi) is 4.55. The van der Waals surface area contributed by atoms with Gasteiger partial charge in [0.05, 0.1) is 11.9 Å². The van der Waals surface area contributed by atoms with E-state index >= 15 is 0 Å². The molecule has 0 aliphatic rings. The average molecular weight is 400 g/mol. The van der Waals surface area contributed by atoms with E-state index < -0.39 is 12.3 Å². The SMILES string of the molecule is O=C(Nc1cnn2ccc(-c3ccccc3OC(F)(F)F)nc12)c1ccncn1. The quantitative estimate of drug-likeness (QED) is 0.565. The van der Waals surface area contributed by atoms with Crippen molar-refractivity contribution in [1.29, 1.82) is 0 Å². The number of nitrogens with one attached hydrogen (secondary N) is 1. The van der Waals surface area contributed by atoms with Gasteiger partial charge in [0.25, 0.3) is 5.91 Å². The van der Waals surface area contributed by atoms with Gasteiger partial charge in [0.15, 0.2) is 5.65 Å². The zero-order valence-electron chi connectivity index (χ0n) is 14.5. The van der Waals surface area contributed by atoms with Crippen LogP contribution in [0.25, 0.3) is 16.9 Å². The van der Waals surface area contributed by atoms with Crippen LogP contribution in [-0.2, 0) is 0 Å². The van der Waals surface area contributed by atoms with Crippen LogP contribution >= 0.6 is 0 Å². The van der Waals surface area contributed by atoms with Crippen molar-refractivity contribution >= 4 is 17.2 Å². The molecule has 3 aromatic heterocycles. The van der Waals surface area contributed by atoms with Gasteiger partial charge in [-0.15, -0.1) is 13.2 Å². The fourth-order valence-electron chi connectivity index (χ4n) is 2.61. The fourth-order valence-corrected chi connectivity index (χ4v) is 2.61. The van der Waals surface area contributed by atoms with E-state index in [1.807, 2.05) is 0 Å². The highest BCUT2D eigenvalue weighted by Gasteiger charge is 2.32. The highest BCUT2D eigenvalue weighted by Crippen LogP contribution is 2.33. The summed E-state index contributed by atoms with van der Waals surface area (Å²) < 4.78 is 43.6. The highest BCUT2D eigenvalue weighted by atomic mass is 19.4. The number of nitrogens with zero attached hydrogens (tertiary/aromatic N) is 5. The van der Waals surface area contributed by atoms with Crippen molar-refractivity contribution in [2.24, 2.45) is 0 Å². The molecule has 1 aromatic carbocycles. The summed E-state index contributed by atoms with van der Waals surface area (Å²) in [5, 5.41) is 6.70. The fraction of sp³-hybridized carbons (Fsp3) is 0.0556. The molecule has 4 rings (SSSR count). The number of halogens is 3. The van der Waals surface area contributed by atoms with Crippen LogP contribution in [0.4, 0.5) is 18.9 Å². The molecule has 0 saturated carbocycles. The first-order valence-corrected chi connectivity index (χ1v) is 8.17. The molecule has 8 nitrogen and oxygen atoms in total. The van der Waals surface area contributed by atoms with Gasteiger partial charge in [-0.25, -0.2) is 19.5 Å². The number of alkyl halides is 3. The Morgan fingerprint density at radius 2 is 1.97 bits per heavy atom. The van der Waals surface area contributed by atoms with Crippen LogP contribution in [0.2, 0.25) is 0 Å². The molecule has 0 aliphatic heterocycles. The molecule has 29 heavy (non-hydrogen) atoms. The lowest BCUT2D eigenvalue weighted by Gasteiger charge is -2.13. The molecule has 0 atom stereocenters. The maximum Gasteiger partial charge on any atom is 0.573 e. The van der Waals surface area contributed by atoms with E-state index in [0.29, 0.717) is 0 Å². The number of para-hydroxylation sites is 1. The molecule has 0 radical (unpaired) electrons. The minimum Gasteiger partial charge on any atom is -0.405 e. The van der Waals surface area contributed by atoms with Crippen LogP contribution in [0.15, 0.2) is 61.3 Å². The average Bonchev–Trinajstić information content (AvgIpc) is 3.10. The first-order valence-electron chi connectivity index (χ1n) is 8.17. The third-order valence-electron chi connectivity index (χ3n) is 3.82. The lowest BCUT2D eigenvalue weighted by molar-refractivity contribution is -0.274. The van der Waals surface area contributed by atoms with Gasteiger partial charge in [-0.3, -0.25) is 4.79 Å². The second-order valence-corrected chi connectivity index (χ2v) is 5.73. The van der Waals surface area contributed by atoms with Gasteiger partial charge in [0.2, 0.25) is 0 Å². The number of hydrogen-bond donors (Lipinski definition) is 1. The van der Waals surface area contributed by atoms with Crippen molar-refractivity contribution in [3.63, 3.8) is 0 Å². The van der Waals surface area contributed by atoms with Crippen molar-refractivity contribution in [3.8, 4) is 17.0 Å². The number of amides is 1. The van der Waals surface area contributed by atoms with Crippen LogP contribution in [0.3, 0.4) is 0 Å². The van der Waals surface area contributed by atoms with Crippen LogP contribution in [0.1, 0.15) is 10.5 Å². The summed E-state index contributed by atoms with van der Waals surface area (Å²) in [6, 6.07) is 8.57. The Labute approximate surface area is 161 Å². The Morgan fingerprint density at radius 1 is 1.14 bits per heavy atom. The molecule has 0 fully saturated rings. The molecule has 11 heteroatoms. The second kappa shape index (κ2) is 7.19. The molecule has 0 saturated heterocycles. The lowest BCUT2D eigenvalue weighted by atomic mass is 10.1. The first kappa shape index (κ1) is 18.3. The van der Waals surface area contributed by atoms with E-state index in [-0.39, 0.29) is 34.0 Å². The summed E-state index contributed by atoms with van der Waals surface area (Å²) in [7, 11) is 0. The molecule has 4 aromatic rings. The summed E-state index contributed by atoms with van der Waals surface area (Å²) in [4.78, 5) is 24.3. The van der Waals surface area contributed by atoms with E-state index in [1.54, 1.807) is 6.07 Å². The lowest BCUT2D eigenvalue weighted by Crippen LogP contribution is -2.17. The van der Waals surface area contributed by atoms with Crippen LogP contribution in [0, 0.1) is 0 Å². The van der Waals surface area contributed by atoms with E-state index in [9.17, 15) is 18.0 Å². The van der Waals surface area contributed by atoms with Crippen molar-refractivity contribution < 1.29 is 22.7 Å². The minimum absolute atomic E-state index is 0.138. The molecular formula is C18H11F3N6O2. The van der Waals surface area contributed by atoms with Gasteiger partial charge in [-0.05, 0) is 24.3 Å². The molecule has 0 spiro atoms. The van der Waals surface area contributed by atoms with E-state index in [2.05, 4.69) is 30.1 Å². The standard InChI is InChI=1S/C18H11F3N6O2/c19-18(20,21)29-15-4-2-1-3-11(15)12-6-8-27-16(25-12)14(9-24-27)26-17(28)13-5-7-22-10-23-13/h1-10H,(H,26,28). The number of carbonyl (C=O) groups excluding carboxylic acids is 1. The Hall–Kier alpha value is -4.02. The number of hydrogen-bond acceptors (Lipinski definition) is 6. The Balaban J connectivity index is 1.71. The van der Waals surface area contributed by atoms with Crippen LogP contribution < -0.4 is 10.1 Å². The summed E-state index contributed by atoms with van der Waals surface area (Å²) >= 11 is 0. The van der Waals surface area contributed by atoms with E-state index in [4.69, 9.17) is 0 Å². The van der Waals surface area contributed by atoms with Gasteiger partial charge < -0.3 is 10.1 Å². The van der Waals surface area contributed by atoms with Crippen LogP contribution in [0.5, 0.6) is 5.75 Å². The van der Waals surface area contributed by atoms with Gasteiger partial charge >= 0.3 is 6.36 Å². The van der Waals surface area contributed by atoms with Crippen molar-refractivity contribution in [3.05, 3.63) is 67.0 Å². The molecule has 146 valence electrons. The highest BCUT2D eigenvalue weighted by molar-refractivity contribution is 6.04. The van der Waals surface area contributed by atoms with Crippen molar-refractivity contribution in [2.75, 3.05) is 5.32 Å². The Morgan fingerprint density at radius 3 is 2.72 bits per heavy atom. The van der Waals surface area contributed by atoms with E-state index in [0.717, 1.165) is 0 Å². The van der Waals surface area contributed by atoms with Crippen molar-refractivity contribution in [1.82, 2.24) is 24.6 Å². The predicted octanol–water partition coefficient (Wildman–Crippen LogP) is 3.34. The number of benzene rings is 1. The number of rotatable bonds is 4. The summed E-state index contributed by atoms with van der Waals surface area (Å²) in [5.41, 5.74) is 1.01.